The maximum Gasteiger partial charge on any atom is 0.120 e. The van der Waals surface area contributed by atoms with Crippen LogP contribution >= 0.6 is 0 Å². The number of nitrogens with zero attached hydrogens (tertiary/aromatic N) is 2. The highest BCUT2D eigenvalue weighted by Gasteiger charge is 2.21. The summed E-state index contributed by atoms with van der Waals surface area (Å²) in [6, 6.07) is 14.3. The van der Waals surface area contributed by atoms with Gasteiger partial charge in [-0.15, -0.1) is 0 Å². The van der Waals surface area contributed by atoms with E-state index >= 15 is 0 Å². The fourth-order valence-corrected chi connectivity index (χ4v) is 4.18. The topological polar surface area (TPSA) is 70.6 Å². The van der Waals surface area contributed by atoms with Gasteiger partial charge in [-0.1, -0.05) is 18.2 Å². The zero-order valence-corrected chi connectivity index (χ0v) is 17.6. The molecule has 30 heavy (non-hydrogen) atoms. The number of H-pyrrole nitrogens is 1. The second-order valence-electron chi connectivity index (χ2n) is 8.18. The third kappa shape index (κ3) is 5.39. The Bertz CT molecular complexity index is 921. The van der Waals surface area contributed by atoms with E-state index in [1.54, 1.807) is 13.3 Å². The monoisotopic (exact) mass is 409 g/mol. The van der Waals surface area contributed by atoms with Gasteiger partial charge in [0.05, 0.1) is 5.69 Å². The quantitative estimate of drug-likeness (QED) is 0.564. The standard InChI is InChI=1S/C24H31N3O3/c1-29-13-9-18-7-11-27(12-8-18)16-22(28)17-30-23-5-4-19-2-3-20(14-21(19)15-23)24-6-10-25-26-24/h2-6,10,14-15,18,22,28H,7-9,11-13,16-17H2,1H3,(H,25,26). The lowest BCUT2D eigenvalue weighted by molar-refractivity contribution is 0.0516. The lowest BCUT2D eigenvalue weighted by Gasteiger charge is -2.33. The Morgan fingerprint density at radius 2 is 1.97 bits per heavy atom. The molecule has 1 aromatic heterocycles. The van der Waals surface area contributed by atoms with Crippen molar-refractivity contribution < 1.29 is 14.6 Å². The number of aromatic amines is 1. The molecule has 2 heterocycles. The predicted molar refractivity (Wildman–Crippen MR) is 119 cm³/mol. The lowest BCUT2D eigenvalue weighted by Crippen LogP contribution is -2.40. The third-order valence-electron chi connectivity index (χ3n) is 5.97. The van der Waals surface area contributed by atoms with Gasteiger partial charge < -0.3 is 19.5 Å². The van der Waals surface area contributed by atoms with E-state index in [4.69, 9.17) is 9.47 Å². The maximum absolute atomic E-state index is 10.5. The van der Waals surface area contributed by atoms with Crippen LogP contribution in [0.1, 0.15) is 19.3 Å². The van der Waals surface area contributed by atoms with Gasteiger partial charge in [-0.05, 0) is 73.3 Å². The third-order valence-corrected chi connectivity index (χ3v) is 5.97. The number of nitrogens with one attached hydrogen (secondary N) is 1. The molecule has 0 bridgehead atoms. The van der Waals surface area contributed by atoms with Gasteiger partial charge in [-0.2, -0.15) is 5.10 Å². The first-order valence-electron chi connectivity index (χ1n) is 10.8. The molecule has 160 valence electrons. The maximum atomic E-state index is 10.5. The summed E-state index contributed by atoms with van der Waals surface area (Å²) in [6.07, 6.45) is 4.76. The molecule has 0 spiro atoms. The van der Waals surface area contributed by atoms with Gasteiger partial charge in [0.15, 0.2) is 0 Å². The Kier molecular flexibility index (Phi) is 7.00. The largest absolute Gasteiger partial charge is 0.491 e. The Morgan fingerprint density at radius 3 is 2.73 bits per heavy atom. The Hall–Kier alpha value is -2.41. The van der Waals surface area contributed by atoms with Gasteiger partial charge in [0.25, 0.3) is 0 Å². The van der Waals surface area contributed by atoms with Gasteiger partial charge in [0, 0.05) is 32.0 Å². The second kappa shape index (κ2) is 10.1. The summed E-state index contributed by atoms with van der Waals surface area (Å²) in [5, 5.41) is 19.7. The second-order valence-corrected chi connectivity index (χ2v) is 8.18. The van der Waals surface area contributed by atoms with E-state index in [0.717, 1.165) is 59.8 Å². The van der Waals surface area contributed by atoms with Gasteiger partial charge in [0.2, 0.25) is 0 Å². The number of aliphatic hydroxyl groups is 1. The molecule has 0 saturated carbocycles. The lowest BCUT2D eigenvalue weighted by atomic mass is 9.94. The fourth-order valence-electron chi connectivity index (χ4n) is 4.18. The molecule has 0 amide bonds. The first-order chi connectivity index (χ1) is 14.7. The van der Waals surface area contributed by atoms with Crippen molar-refractivity contribution >= 4 is 10.8 Å². The van der Waals surface area contributed by atoms with Gasteiger partial charge in [-0.3, -0.25) is 5.10 Å². The molecular weight excluding hydrogens is 378 g/mol. The van der Waals surface area contributed by atoms with Gasteiger partial charge in [0.1, 0.15) is 18.5 Å². The summed E-state index contributed by atoms with van der Waals surface area (Å²) < 4.78 is 11.1. The van der Waals surface area contributed by atoms with Crippen LogP contribution < -0.4 is 4.74 Å². The molecule has 6 heteroatoms. The van der Waals surface area contributed by atoms with Crippen LogP contribution in [0.5, 0.6) is 5.75 Å². The van der Waals surface area contributed by atoms with Crippen molar-refractivity contribution in [3.63, 3.8) is 0 Å². The van der Waals surface area contributed by atoms with Crippen molar-refractivity contribution in [2.45, 2.75) is 25.4 Å². The number of benzene rings is 2. The van der Waals surface area contributed by atoms with Crippen LogP contribution in [0, 0.1) is 5.92 Å². The first kappa shape index (κ1) is 20.8. The Balaban J connectivity index is 1.29. The van der Waals surface area contributed by atoms with E-state index in [2.05, 4.69) is 39.4 Å². The molecule has 1 unspecified atom stereocenters. The normalized spacial score (nSPS) is 16.7. The fraction of sp³-hybridized carbons (Fsp3) is 0.458. The Morgan fingerprint density at radius 1 is 1.13 bits per heavy atom. The molecule has 0 radical (unpaired) electrons. The summed E-state index contributed by atoms with van der Waals surface area (Å²) in [5.41, 5.74) is 2.08. The summed E-state index contributed by atoms with van der Waals surface area (Å²) >= 11 is 0. The van der Waals surface area contributed by atoms with Gasteiger partial charge >= 0.3 is 0 Å². The number of β-amino-alcohol motifs (C(OH)–C–C–N with tert-alkyl or cyclic N) is 1. The number of likely N-dealkylation sites (tertiary alicyclic amines) is 1. The van der Waals surface area contributed by atoms with Crippen molar-refractivity contribution in [1.29, 1.82) is 0 Å². The number of ether oxygens (including phenoxy) is 2. The smallest absolute Gasteiger partial charge is 0.120 e. The molecule has 1 atom stereocenters. The minimum Gasteiger partial charge on any atom is -0.491 e. The molecule has 6 nitrogen and oxygen atoms in total. The van der Waals surface area contributed by atoms with Crippen LogP contribution in [-0.4, -0.2) is 66.3 Å². The van der Waals surface area contributed by atoms with Crippen LogP contribution in [0.25, 0.3) is 22.0 Å². The first-order valence-corrected chi connectivity index (χ1v) is 10.8. The molecule has 2 aromatic carbocycles. The van der Waals surface area contributed by atoms with E-state index in [9.17, 15) is 5.11 Å². The molecule has 3 aromatic rings. The van der Waals surface area contributed by atoms with E-state index in [1.165, 1.54) is 12.8 Å². The number of aliphatic hydroxyl groups excluding tert-OH is 1. The molecule has 1 saturated heterocycles. The van der Waals surface area contributed by atoms with Crippen molar-refractivity contribution in [3.8, 4) is 17.0 Å². The molecule has 2 N–H and O–H groups in total. The van der Waals surface area contributed by atoms with Crippen LogP contribution in [-0.2, 0) is 4.74 Å². The number of aromatic nitrogens is 2. The van der Waals surface area contributed by atoms with E-state index in [-0.39, 0.29) is 0 Å². The highest BCUT2D eigenvalue weighted by molar-refractivity contribution is 5.87. The summed E-state index contributed by atoms with van der Waals surface area (Å²) in [4.78, 5) is 2.34. The molecule has 1 aliphatic heterocycles. The van der Waals surface area contributed by atoms with E-state index < -0.39 is 6.10 Å². The molecule has 4 rings (SSSR count). The number of hydrogen-bond acceptors (Lipinski definition) is 5. The van der Waals surface area contributed by atoms with Crippen LogP contribution in [0.4, 0.5) is 0 Å². The number of piperidine rings is 1. The van der Waals surface area contributed by atoms with E-state index in [1.807, 2.05) is 18.2 Å². The van der Waals surface area contributed by atoms with Crippen molar-refractivity contribution in [3.05, 3.63) is 48.7 Å². The molecule has 0 aliphatic carbocycles. The number of rotatable bonds is 9. The van der Waals surface area contributed by atoms with Crippen LogP contribution in [0.2, 0.25) is 0 Å². The minimum absolute atomic E-state index is 0.301. The zero-order chi connectivity index (χ0) is 20.8. The van der Waals surface area contributed by atoms with Crippen molar-refractivity contribution in [2.75, 3.05) is 40.0 Å². The predicted octanol–water partition coefficient (Wildman–Crippen LogP) is 3.72. The minimum atomic E-state index is -0.493. The number of methoxy groups -OCH3 is 1. The van der Waals surface area contributed by atoms with Gasteiger partial charge in [-0.25, -0.2) is 0 Å². The van der Waals surface area contributed by atoms with E-state index in [0.29, 0.717) is 13.2 Å². The number of fused-ring (bicyclic) bond motifs is 1. The zero-order valence-electron chi connectivity index (χ0n) is 17.6. The molecule has 1 aliphatic rings. The molecule has 1 fully saturated rings. The average Bonchev–Trinajstić information content (AvgIpc) is 3.32. The van der Waals surface area contributed by atoms with Crippen LogP contribution in [0.15, 0.2) is 48.7 Å². The van der Waals surface area contributed by atoms with Crippen molar-refractivity contribution in [2.24, 2.45) is 5.92 Å². The van der Waals surface area contributed by atoms with Crippen LogP contribution in [0.3, 0.4) is 0 Å². The average molecular weight is 410 g/mol. The highest BCUT2D eigenvalue weighted by Crippen LogP contribution is 2.26. The highest BCUT2D eigenvalue weighted by atomic mass is 16.5. The Labute approximate surface area is 177 Å². The summed E-state index contributed by atoms with van der Waals surface area (Å²) in [7, 11) is 1.76. The summed E-state index contributed by atoms with van der Waals surface area (Å²) in [5.74, 6) is 1.53. The summed E-state index contributed by atoms with van der Waals surface area (Å²) in [6.45, 7) is 3.88. The molecular formula is C24H31N3O3. The SMILES string of the molecule is COCCC1CCN(CC(O)COc2ccc3ccc(-c4ccn[nH]4)cc3c2)CC1. The van der Waals surface area contributed by atoms with Crippen molar-refractivity contribution in [1.82, 2.24) is 15.1 Å². The number of hydrogen-bond donors (Lipinski definition) is 2.